The molecule has 0 bridgehead atoms. The van der Waals surface area contributed by atoms with E-state index in [1.54, 1.807) is 7.11 Å². The van der Waals surface area contributed by atoms with Gasteiger partial charge < -0.3 is 15.6 Å². The van der Waals surface area contributed by atoms with Crippen LogP contribution in [-0.2, 0) is 11.3 Å². The number of hydrogen-bond donors (Lipinski definition) is 2. The van der Waals surface area contributed by atoms with Crippen molar-refractivity contribution in [3.63, 3.8) is 0 Å². The minimum atomic E-state index is -0.559. The Morgan fingerprint density at radius 1 is 1.38 bits per heavy atom. The van der Waals surface area contributed by atoms with Crippen molar-refractivity contribution in [3.8, 4) is 0 Å². The third-order valence-corrected chi connectivity index (χ3v) is 1.90. The third-order valence-electron chi connectivity index (χ3n) is 1.90. The Morgan fingerprint density at radius 3 is 2.46 bits per heavy atom. The molecule has 1 aromatic rings. The fourth-order valence-electron chi connectivity index (χ4n) is 1.14. The summed E-state index contributed by atoms with van der Waals surface area (Å²) in [6.07, 6.45) is -0.559. The highest BCUT2D eigenvalue weighted by Crippen LogP contribution is 2.12. The molecule has 0 fully saturated rings. The van der Waals surface area contributed by atoms with Crippen LogP contribution in [0.15, 0.2) is 24.3 Å². The first-order valence-corrected chi connectivity index (χ1v) is 4.24. The predicted octanol–water partition coefficient (Wildman–Crippen LogP) is 0.825. The van der Waals surface area contributed by atoms with Gasteiger partial charge in [-0.3, -0.25) is 0 Å². The molecule has 1 atom stereocenters. The number of nitrogens with two attached hydrogens (primary N) is 1. The van der Waals surface area contributed by atoms with E-state index in [2.05, 4.69) is 0 Å². The third kappa shape index (κ3) is 2.81. The molecular formula is C10H15NO2. The van der Waals surface area contributed by atoms with Crippen LogP contribution in [0.4, 0.5) is 0 Å². The van der Waals surface area contributed by atoms with E-state index in [-0.39, 0.29) is 6.54 Å². The van der Waals surface area contributed by atoms with Gasteiger partial charge in [-0.25, -0.2) is 0 Å². The van der Waals surface area contributed by atoms with Crippen molar-refractivity contribution >= 4 is 0 Å². The lowest BCUT2D eigenvalue weighted by Gasteiger charge is -2.08. The summed E-state index contributed by atoms with van der Waals surface area (Å²) in [5, 5.41) is 9.39. The van der Waals surface area contributed by atoms with Crippen molar-refractivity contribution in [2.24, 2.45) is 5.73 Å². The lowest BCUT2D eigenvalue weighted by molar-refractivity contribution is 0.182. The molecule has 0 aliphatic carbocycles. The summed E-state index contributed by atoms with van der Waals surface area (Å²) in [4.78, 5) is 0. The van der Waals surface area contributed by atoms with E-state index in [0.717, 1.165) is 11.1 Å². The number of aliphatic hydroxyl groups is 1. The van der Waals surface area contributed by atoms with Crippen LogP contribution in [-0.4, -0.2) is 18.8 Å². The van der Waals surface area contributed by atoms with E-state index in [1.165, 1.54) is 0 Å². The molecule has 3 N–H and O–H groups in total. The average Bonchev–Trinajstić information content (AvgIpc) is 2.18. The molecular weight excluding hydrogens is 166 g/mol. The Kier molecular flexibility index (Phi) is 3.89. The normalized spacial score (nSPS) is 12.8. The van der Waals surface area contributed by atoms with Crippen molar-refractivity contribution in [2.75, 3.05) is 13.7 Å². The monoisotopic (exact) mass is 181 g/mol. The minimum absolute atomic E-state index is 0.254. The maximum atomic E-state index is 9.39. The number of rotatable bonds is 4. The highest BCUT2D eigenvalue weighted by molar-refractivity contribution is 5.23. The highest BCUT2D eigenvalue weighted by Gasteiger charge is 2.03. The van der Waals surface area contributed by atoms with Gasteiger partial charge >= 0.3 is 0 Å². The topological polar surface area (TPSA) is 55.5 Å². The number of benzene rings is 1. The van der Waals surface area contributed by atoms with E-state index in [4.69, 9.17) is 10.5 Å². The van der Waals surface area contributed by atoms with Crippen LogP contribution < -0.4 is 5.73 Å². The van der Waals surface area contributed by atoms with E-state index in [1.807, 2.05) is 24.3 Å². The molecule has 1 aromatic carbocycles. The lowest BCUT2D eigenvalue weighted by Crippen LogP contribution is -2.11. The van der Waals surface area contributed by atoms with Crippen LogP contribution in [0, 0.1) is 0 Å². The number of aliphatic hydroxyl groups excluding tert-OH is 1. The molecule has 0 amide bonds. The van der Waals surface area contributed by atoms with Crippen LogP contribution in [0.3, 0.4) is 0 Å². The zero-order chi connectivity index (χ0) is 9.68. The smallest absolute Gasteiger partial charge is 0.0912 e. The first-order chi connectivity index (χ1) is 6.27. The summed E-state index contributed by atoms with van der Waals surface area (Å²) in [5.41, 5.74) is 7.27. The van der Waals surface area contributed by atoms with Crippen molar-refractivity contribution in [3.05, 3.63) is 35.4 Å². The van der Waals surface area contributed by atoms with E-state index in [9.17, 15) is 5.11 Å². The molecule has 0 aromatic heterocycles. The molecule has 3 heteroatoms. The number of hydrogen-bond acceptors (Lipinski definition) is 3. The summed E-state index contributed by atoms with van der Waals surface area (Å²) in [7, 11) is 1.66. The highest BCUT2D eigenvalue weighted by atomic mass is 16.5. The predicted molar refractivity (Wildman–Crippen MR) is 51.2 cm³/mol. The second-order valence-electron chi connectivity index (χ2n) is 2.93. The molecule has 3 nitrogen and oxygen atoms in total. The quantitative estimate of drug-likeness (QED) is 0.723. The van der Waals surface area contributed by atoms with Crippen molar-refractivity contribution in [1.82, 2.24) is 0 Å². The Bertz CT molecular complexity index is 246. The van der Waals surface area contributed by atoms with Gasteiger partial charge in [0.15, 0.2) is 0 Å². The fourth-order valence-corrected chi connectivity index (χ4v) is 1.14. The van der Waals surface area contributed by atoms with Crippen LogP contribution in [0.5, 0.6) is 0 Å². The summed E-state index contributed by atoms with van der Waals surface area (Å²) in [6.45, 7) is 0.850. The zero-order valence-electron chi connectivity index (χ0n) is 7.73. The van der Waals surface area contributed by atoms with Crippen molar-refractivity contribution in [1.29, 1.82) is 0 Å². The molecule has 0 radical (unpaired) electrons. The maximum Gasteiger partial charge on any atom is 0.0912 e. The summed E-state index contributed by atoms with van der Waals surface area (Å²) < 4.78 is 4.97. The molecule has 1 rings (SSSR count). The van der Waals surface area contributed by atoms with Gasteiger partial charge in [0.2, 0.25) is 0 Å². The van der Waals surface area contributed by atoms with E-state index < -0.39 is 6.10 Å². The number of ether oxygens (including phenoxy) is 1. The van der Waals surface area contributed by atoms with Gasteiger partial charge in [0.25, 0.3) is 0 Å². The Labute approximate surface area is 78.1 Å². The van der Waals surface area contributed by atoms with Gasteiger partial charge in [0.1, 0.15) is 0 Å². The average molecular weight is 181 g/mol. The van der Waals surface area contributed by atoms with Crippen molar-refractivity contribution < 1.29 is 9.84 Å². The Balaban J connectivity index is 2.69. The molecule has 0 saturated carbocycles. The molecule has 72 valence electrons. The Hall–Kier alpha value is -0.900. The SMILES string of the molecule is COCc1ccc([C@H](O)CN)cc1. The number of methoxy groups -OCH3 is 1. The molecule has 0 saturated heterocycles. The standard InChI is InChI=1S/C10H15NO2/c1-13-7-8-2-4-9(5-3-8)10(12)6-11/h2-5,10,12H,6-7,11H2,1H3/t10-/m1/s1. The van der Waals surface area contributed by atoms with Crippen molar-refractivity contribution in [2.45, 2.75) is 12.7 Å². The summed E-state index contributed by atoms with van der Waals surface area (Å²) >= 11 is 0. The maximum absolute atomic E-state index is 9.39. The fraction of sp³-hybridized carbons (Fsp3) is 0.400. The second kappa shape index (κ2) is 4.97. The molecule has 0 aliphatic rings. The van der Waals surface area contributed by atoms with E-state index in [0.29, 0.717) is 6.61 Å². The minimum Gasteiger partial charge on any atom is -0.387 e. The molecule has 13 heavy (non-hydrogen) atoms. The first-order valence-electron chi connectivity index (χ1n) is 4.24. The van der Waals surface area contributed by atoms with Crippen LogP contribution in [0.25, 0.3) is 0 Å². The molecule has 0 heterocycles. The largest absolute Gasteiger partial charge is 0.387 e. The van der Waals surface area contributed by atoms with Gasteiger partial charge in [-0.05, 0) is 11.1 Å². The van der Waals surface area contributed by atoms with E-state index >= 15 is 0 Å². The molecule has 0 spiro atoms. The first kappa shape index (κ1) is 10.2. The molecule has 0 aliphatic heterocycles. The zero-order valence-corrected chi connectivity index (χ0v) is 7.73. The Morgan fingerprint density at radius 2 is 2.00 bits per heavy atom. The van der Waals surface area contributed by atoms with Gasteiger partial charge in [-0.1, -0.05) is 24.3 Å². The second-order valence-corrected chi connectivity index (χ2v) is 2.93. The van der Waals surface area contributed by atoms with Gasteiger partial charge in [-0.15, -0.1) is 0 Å². The molecule has 0 unspecified atom stereocenters. The van der Waals surface area contributed by atoms with Crippen LogP contribution in [0.2, 0.25) is 0 Å². The lowest BCUT2D eigenvalue weighted by atomic mass is 10.1. The van der Waals surface area contributed by atoms with Crippen LogP contribution in [0.1, 0.15) is 17.2 Å². The van der Waals surface area contributed by atoms with Crippen LogP contribution >= 0.6 is 0 Å². The van der Waals surface area contributed by atoms with Gasteiger partial charge in [0, 0.05) is 13.7 Å². The van der Waals surface area contributed by atoms with Gasteiger partial charge in [0.05, 0.1) is 12.7 Å². The summed E-state index contributed by atoms with van der Waals surface area (Å²) in [5.74, 6) is 0. The van der Waals surface area contributed by atoms with Gasteiger partial charge in [-0.2, -0.15) is 0 Å². The summed E-state index contributed by atoms with van der Waals surface area (Å²) in [6, 6.07) is 7.59.